The van der Waals surface area contributed by atoms with Gasteiger partial charge in [-0.25, -0.2) is 0 Å². The molecule has 0 N–H and O–H groups in total. The Morgan fingerprint density at radius 3 is 2.58 bits per heavy atom. The van der Waals surface area contributed by atoms with Gasteiger partial charge in [-0.05, 0) is 5.56 Å². The summed E-state index contributed by atoms with van der Waals surface area (Å²) in [5, 5.41) is 0. The van der Waals surface area contributed by atoms with Gasteiger partial charge in [-0.3, -0.25) is 4.79 Å². The van der Waals surface area contributed by atoms with Gasteiger partial charge in [0.1, 0.15) is 19.5 Å². The van der Waals surface area contributed by atoms with Crippen molar-refractivity contribution in [2.45, 2.75) is 13.0 Å². The molecule has 0 amide bonds. The van der Waals surface area contributed by atoms with Crippen molar-refractivity contribution in [1.29, 1.82) is 0 Å². The standard InChI is InChI=1S/C14H20O5/c1-12(15)18-10-14(13-6-4-3-5-7-13)19-11-17-9-8-16-2/h3-7,14H,8-11H2,1-2H3/t14-/m1/s1. The molecule has 1 rings (SSSR count). The number of methoxy groups -OCH3 is 1. The summed E-state index contributed by atoms with van der Waals surface area (Å²) in [6.45, 7) is 2.66. The molecule has 1 aromatic carbocycles. The highest BCUT2D eigenvalue weighted by Crippen LogP contribution is 2.17. The molecule has 0 bridgehead atoms. The smallest absolute Gasteiger partial charge is 0.302 e. The zero-order chi connectivity index (χ0) is 13.9. The molecule has 0 spiro atoms. The molecule has 0 unspecified atom stereocenters. The van der Waals surface area contributed by atoms with Crippen LogP contribution in [0.4, 0.5) is 0 Å². The Kier molecular flexibility index (Phi) is 7.81. The Hall–Kier alpha value is -1.43. The van der Waals surface area contributed by atoms with E-state index < -0.39 is 0 Å². The average molecular weight is 268 g/mol. The lowest BCUT2D eigenvalue weighted by Gasteiger charge is -2.18. The average Bonchev–Trinajstić information content (AvgIpc) is 2.42. The lowest BCUT2D eigenvalue weighted by molar-refractivity contribution is -0.152. The fraction of sp³-hybridized carbons (Fsp3) is 0.500. The quantitative estimate of drug-likeness (QED) is 0.389. The Morgan fingerprint density at radius 2 is 1.95 bits per heavy atom. The van der Waals surface area contributed by atoms with Crippen LogP contribution in [0.3, 0.4) is 0 Å². The molecule has 5 heteroatoms. The monoisotopic (exact) mass is 268 g/mol. The first-order valence-electron chi connectivity index (χ1n) is 6.10. The van der Waals surface area contributed by atoms with Gasteiger partial charge in [-0.1, -0.05) is 30.3 Å². The van der Waals surface area contributed by atoms with Gasteiger partial charge in [-0.2, -0.15) is 0 Å². The molecule has 0 fully saturated rings. The van der Waals surface area contributed by atoms with Crippen molar-refractivity contribution in [3.05, 3.63) is 35.9 Å². The summed E-state index contributed by atoms with van der Waals surface area (Å²) < 4.78 is 20.7. The third-order valence-corrected chi connectivity index (χ3v) is 2.39. The van der Waals surface area contributed by atoms with Crippen LogP contribution in [0.15, 0.2) is 30.3 Å². The molecule has 0 saturated heterocycles. The summed E-state index contributed by atoms with van der Waals surface area (Å²) in [5.41, 5.74) is 0.944. The summed E-state index contributed by atoms with van der Waals surface area (Å²) in [4.78, 5) is 10.9. The van der Waals surface area contributed by atoms with Gasteiger partial charge in [0.05, 0.1) is 13.2 Å². The minimum atomic E-state index is -0.329. The maximum atomic E-state index is 10.9. The zero-order valence-electron chi connectivity index (χ0n) is 11.3. The molecule has 0 aliphatic heterocycles. The Bertz CT molecular complexity index is 352. The van der Waals surface area contributed by atoms with Gasteiger partial charge in [0.25, 0.3) is 0 Å². The number of ether oxygens (including phenoxy) is 4. The third kappa shape index (κ3) is 6.91. The highest BCUT2D eigenvalue weighted by atomic mass is 16.7. The van der Waals surface area contributed by atoms with Crippen molar-refractivity contribution in [3.8, 4) is 0 Å². The van der Waals surface area contributed by atoms with E-state index in [0.29, 0.717) is 13.2 Å². The molecular weight excluding hydrogens is 248 g/mol. The molecule has 1 atom stereocenters. The van der Waals surface area contributed by atoms with Crippen molar-refractivity contribution >= 4 is 5.97 Å². The summed E-state index contributed by atoms with van der Waals surface area (Å²) in [6.07, 6.45) is -0.326. The maximum absolute atomic E-state index is 10.9. The van der Waals surface area contributed by atoms with Gasteiger partial charge in [-0.15, -0.1) is 0 Å². The summed E-state index contributed by atoms with van der Waals surface area (Å²) in [5.74, 6) is -0.329. The Balaban J connectivity index is 2.43. The van der Waals surface area contributed by atoms with Crippen LogP contribution in [0.5, 0.6) is 0 Å². The van der Waals surface area contributed by atoms with E-state index in [0.717, 1.165) is 5.56 Å². The van der Waals surface area contributed by atoms with Gasteiger partial charge >= 0.3 is 5.97 Å². The number of hydrogen-bond donors (Lipinski definition) is 0. The minimum Gasteiger partial charge on any atom is -0.463 e. The second-order valence-electron chi connectivity index (χ2n) is 3.89. The van der Waals surface area contributed by atoms with Crippen molar-refractivity contribution in [3.63, 3.8) is 0 Å². The van der Waals surface area contributed by atoms with Crippen LogP contribution in [0.1, 0.15) is 18.6 Å². The minimum absolute atomic E-state index is 0.129. The van der Waals surface area contributed by atoms with E-state index >= 15 is 0 Å². The fourth-order valence-electron chi connectivity index (χ4n) is 1.43. The molecule has 0 heterocycles. The molecule has 5 nitrogen and oxygen atoms in total. The molecule has 1 aromatic rings. The maximum Gasteiger partial charge on any atom is 0.302 e. The topological polar surface area (TPSA) is 54.0 Å². The molecule has 0 aliphatic rings. The van der Waals surface area contributed by atoms with E-state index in [1.165, 1.54) is 6.92 Å². The van der Waals surface area contributed by atoms with Crippen LogP contribution in [0.25, 0.3) is 0 Å². The molecule has 0 radical (unpaired) electrons. The predicted molar refractivity (Wildman–Crippen MR) is 69.6 cm³/mol. The lowest BCUT2D eigenvalue weighted by Crippen LogP contribution is -2.16. The van der Waals surface area contributed by atoms with E-state index in [4.69, 9.17) is 18.9 Å². The van der Waals surface area contributed by atoms with Crippen LogP contribution in [-0.2, 0) is 23.7 Å². The van der Waals surface area contributed by atoms with Crippen LogP contribution in [-0.4, -0.2) is 39.7 Å². The highest BCUT2D eigenvalue weighted by molar-refractivity contribution is 5.65. The summed E-state index contributed by atoms with van der Waals surface area (Å²) >= 11 is 0. The number of carbonyl (C=O) groups is 1. The third-order valence-electron chi connectivity index (χ3n) is 2.39. The van der Waals surface area contributed by atoms with Crippen molar-refractivity contribution in [1.82, 2.24) is 0 Å². The first-order chi connectivity index (χ1) is 9.24. The van der Waals surface area contributed by atoms with Gasteiger partial charge < -0.3 is 18.9 Å². The second kappa shape index (κ2) is 9.49. The van der Waals surface area contributed by atoms with Gasteiger partial charge in [0.15, 0.2) is 0 Å². The normalized spacial score (nSPS) is 12.1. The number of esters is 1. The SMILES string of the molecule is COCCOCO[C@H](COC(C)=O)c1ccccc1. The lowest BCUT2D eigenvalue weighted by atomic mass is 10.1. The summed E-state index contributed by atoms with van der Waals surface area (Å²) in [6, 6.07) is 9.57. The molecule has 19 heavy (non-hydrogen) atoms. The molecule has 0 saturated carbocycles. The number of hydrogen-bond acceptors (Lipinski definition) is 5. The molecule has 0 aromatic heterocycles. The van der Waals surface area contributed by atoms with E-state index in [9.17, 15) is 4.79 Å². The van der Waals surface area contributed by atoms with Gasteiger partial charge in [0.2, 0.25) is 0 Å². The van der Waals surface area contributed by atoms with Crippen molar-refractivity contribution < 1.29 is 23.7 Å². The fourth-order valence-corrected chi connectivity index (χ4v) is 1.43. The van der Waals surface area contributed by atoms with Crippen LogP contribution in [0, 0.1) is 0 Å². The second-order valence-corrected chi connectivity index (χ2v) is 3.89. The van der Waals surface area contributed by atoms with E-state index in [1.807, 2.05) is 30.3 Å². The zero-order valence-corrected chi connectivity index (χ0v) is 11.3. The molecular formula is C14H20O5. The highest BCUT2D eigenvalue weighted by Gasteiger charge is 2.13. The Morgan fingerprint density at radius 1 is 1.21 bits per heavy atom. The van der Waals surface area contributed by atoms with E-state index in [-0.39, 0.29) is 25.5 Å². The largest absolute Gasteiger partial charge is 0.463 e. The number of benzene rings is 1. The van der Waals surface area contributed by atoms with E-state index in [2.05, 4.69) is 0 Å². The van der Waals surface area contributed by atoms with Crippen LogP contribution in [0.2, 0.25) is 0 Å². The predicted octanol–water partition coefficient (Wildman–Crippen LogP) is 1.93. The van der Waals surface area contributed by atoms with Crippen molar-refractivity contribution in [2.24, 2.45) is 0 Å². The van der Waals surface area contributed by atoms with Gasteiger partial charge in [0, 0.05) is 14.0 Å². The number of carbonyl (C=O) groups excluding carboxylic acids is 1. The Labute approximate surface area is 113 Å². The van der Waals surface area contributed by atoms with Crippen molar-refractivity contribution in [2.75, 3.05) is 33.7 Å². The van der Waals surface area contributed by atoms with Crippen LogP contribution >= 0.6 is 0 Å². The summed E-state index contributed by atoms with van der Waals surface area (Å²) in [7, 11) is 1.61. The molecule has 0 aliphatic carbocycles. The first kappa shape index (κ1) is 15.6. The number of rotatable bonds is 9. The first-order valence-corrected chi connectivity index (χ1v) is 6.10. The van der Waals surface area contributed by atoms with Crippen LogP contribution < -0.4 is 0 Å². The van der Waals surface area contributed by atoms with E-state index in [1.54, 1.807) is 7.11 Å². The molecule has 106 valence electrons.